The van der Waals surface area contributed by atoms with Crippen molar-refractivity contribution in [1.82, 2.24) is 20.2 Å². The first-order valence-electron chi connectivity index (χ1n) is 7.60. The van der Waals surface area contributed by atoms with E-state index in [0.717, 1.165) is 16.7 Å². The number of hydrogen-bond donors (Lipinski definition) is 1. The van der Waals surface area contributed by atoms with Gasteiger partial charge in [-0.3, -0.25) is 24.3 Å². The molecule has 1 aliphatic heterocycles. The van der Waals surface area contributed by atoms with Crippen LogP contribution in [0.15, 0.2) is 47.8 Å². The Bertz CT molecular complexity index is 889. The maximum atomic E-state index is 12.4. The third-order valence-electron chi connectivity index (χ3n) is 3.48. The summed E-state index contributed by atoms with van der Waals surface area (Å²) in [6.07, 6.45) is 5.79. The van der Waals surface area contributed by atoms with Crippen molar-refractivity contribution in [2.75, 3.05) is 13.1 Å². The summed E-state index contributed by atoms with van der Waals surface area (Å²) in [4.78, 5) is 45.5. The number of imide groups is 1. The lowest BCUT2D eigenvalue weighted by Crippen LogP contribution is -2.37. The number of thioether (sulfide) groups is 1. The van der Waals surface area contributed by atoms with Crippen molar-refractivity contribution < 1.29 is 14.4 Å². The number of benzene rings is 1. The van der Waals surface area contributed by atoms with Gasteiger partial charge in [0.25, 0.3) is 17.1 Å². The van der Waals surface area contributed by atoms with Gasteiger partial charge < -0.3 is 5.32 Å². The molecule has 1 saturated heterocycles. The standard InChI is InChI=1S/C17H13ClN4O3S/c18-12-4-2-1-3-11(12)9-14-16(24)22(17(25)26-14)8-7-21-15(23)13-10-19-5-6-20-13/h1-6,9-10H,7-8H2,(H,21,23)/b14-9-. The molecular weight excluding hydrogens is 376 g/mol. The molecule has 1 aromatic carbocycles. The molecule has 9 heteroatoms. The van der Waals surface area contributed by atoms with Crippen molar-refractivity contribution >= 4 is 46.5 Å². The fourth-order valence-electron chi connectivity index (χ4n) is 2.21. The largest absolute Gasteiger partial charge is 0.349 e. The van der Waals surface area contributed by atoms with Crippen LogP contribution in [0.2, 0.25) is 5.02 Å². The average molecular weight is 389 g/mol. The van der Waals surface area contributed by atoms with Crippen LogP contribution in [0.4, 0.5) is 4.79 Å². The smallest absolute Gasteiger partial charge is 0.293 e. The number of aromatic nitrogens is 2. The van der Waals surface area contributed by atoms with Crippen molar-refractivity contribution in [2.45, 2.75) is 0 Å². The van der Waals surface area contributed by atoms with Gasteiger partial charge in [-0.1, -0.05) is 29.8 Å². The lowest BCUT2D eigenvalue weighted by molar-refractivity contribution is -0.122. The molecule has 1 aromatic heterocycles. The van der Waals surface area contributed by atoms with Crippen LogP contribution in [0.1, 0.15) is 16.1 Å². The van der Waals surface area contributed by atoms with Crippen molar-refractivity contribution in [3.05, 3.63) is 64.0 Å². The molecule has 0 unspecified atom stereocenters. The van der Waals surface area contributed by atoms with E-state index in [1.165, 1.54) is 18.6 Å². The molecule has 0 radical (unpaired) electrons. The highest BCUT2D eigenvalue weighted by Crippen LogP contribution is 2.33. The first kappa shape index (κ1) is 18.1. The molecule has 0 spiro atoms. The van der Waals surface area contributed by atoms with Crippen molar-refractivity contribution in [3.63, 3.8) is 0 Å². The first-order valence-corrected chi connectivity index (χ1v) is 8.80. The Morgan fingerprint density at radius 1 is 1.27 bits per heavy atom. The topological polar surface area (TPSA) is 92.3 Å². The maximum absolute atomic E-state index is 12.4. The minimum Gasteiger partial charge on any atom is -0.349 e. The normalized spacial score (nSPS) is 15.6. The van der Waals surface area contributed by atoms with Gasteiger partial charge in [0.15, 0.2) is 0 Å². The third kappa shape index (κ3) is 4.09. The number of carbonyl (C=O) groups excluding carboxylic acids is 3. The van der Waals surface area contributed by atoms with Crippen LogP contribution >= 0.6 is 23.4 Å². The molecule has 2 aromatic rings. The monoisotopic (exact) mass is 388 g/mol. The quantitative estimate of drug-likeness (QED) is 0.791. The molecule has 0 bridgehead atoms. The van der Waals surface area contributed by atoms with Gasteiger partial charge in [-0.25, -0.2) is 4.98 Å². The van der Waals surface area contributed by atoms with E-state index in [4.69, 9.17) is 11.6 Å². The predicted octanol–water partition coefficient (Wildman–Crippen LogP) is 2.60. The van der Waals surface area contributed by atoms with Gasteiger partial charge in [-0.15, -0.1) is 0 Å². The van der Waals surface area contributed by atoms with E-state index < -0.39 is 11.8 Å². The van der Waals surface area contributed by atoms with Crippen LogP contribution < -0.4 is 5.32 Å². The third-order valence-corrected chi connectivity index (χ3v) is 4.73. The minimum absolute atomic E-state index is 0.0660. The molecule has 3 rings (SSSR count). The predicted molar refractivity (Wildman–Crippen MR) is 98.5 cm³/mol. The van der Waals surface area contributed by atoms with E-state index >= 15 is 0 Å². The molecule has 0 saturated carbocycles. The zero-order valence-electron chi connectivity index (χ0n) is 13.4. The Balaban J connectivity index is 1.61. The van der Waals surface area contributed by atoms with Crippen molar-refractivity contribution in [3.8, 4) is 0 Å². The summed E-state index contributed by atoms with van der Waals surface area (Å²) < 4.78 is 0. The van der Waals surface area contributed by atoms with Gasteiger partial charge in [0, 0.05) is 30.5 Å². The van der Waals surface area contributed by atoms with Gasteiger partial charge >= 0.3 is 0 Å². The summed E-state index contributed by atoms with van der Waals surface area (Å²) in [5.74, 6) is -0.828. The Hall–Kier alpha value is -2.71. The summed E-state index contributed by atoms with van der Waals surface area (Å²) >= 11 is 6.92. The van der Waals surface area contributed by atoms with Crippen molar-refractivity contribution in [2.24, 2.45) is 0 Å². The summed E-state index contributed by atoms with van der Waals surface area (Å²) in [7, 11) is 0. The number of rotatable bonds is 5. The summed E-state index contributed by atoms with van der Waals surface area (Å²) in [5.41, 5.74) is 0.830. The number of carbonyl (C=O) groups is 3. The van der Waals surface area contributed by atoms with Gasteiger partial charge in [0.2, 0.25) is 0 Å². The van der Waals surface area contributed by atoms with Crippen LogP contribution in [-0.4, -0.2) is 45.0 Å². The van der Waals surface area contributed by atoms with Crippen LogP contribution in [0.5, 0.6) is 0 Å². The molecule has 132 valence electrons. The van der Waals surface area contributed by atoms with Crippen LogP contribution in [-0.2, 0) is 4.79 Å². The Morgan fingerprint density at radius 2 is 2.08 bits per heavy atom. The number of amides is 3. The number of halogens is 1. The second-order valence-electron chi connectivity index (χ2n) is 5.20. The second kappa shape index (κ2) is 8.11. The van der Waals surface area contributed by atoms with Gasteiger partial charge in [0.05, 0.1) is 11.1 Å². The minimum atomic E-state index is -0.420. The molecule has 26 heavy (non-hydrogen) atoms. The zero-order chi connectivity index (χ0) is 18.5. The lowest BCUT2D eigenvalue weighted by atomic mass is 10.2. The van der Waals surface area contributed by atoms with E-state index in [9.17, 15) is 14.4 Å². The van der Waals surface area contributed by atoms with E-state index in [2.05, 4.69) is 15.3 Å². The molecule has 0 aliphatic carbocycles. The van der Waals surface area contributed by atoms with Crippen molar-refractivity contribution in [1.29, 1.82) is 0 Å². The summed E-state index contributed by atoms with van der Waals surface area (Å²) in [5, 5.41) is 2.71. The second-order valence-corrected chi connectivity index (χ2v) is 6.60. The van der Waals surface area contributed by atoms with E-state index in [1.807, 2.05) is 0 Å². The van der Waals surface area contributed by atoms with E-state index in [1.54, 1.807) is 30.3 Å². The van der Waals surface area contributed by atoms with Crippen LogP contribution in [0.3, 0.4) is 0 Å². The highest BCUT2D eigenvalue weighted by atomic mass is 35.5. The van der Waals surface area contributed by atoms with Crippen LogP contribution in [0, 0.1) is 0 Å². The Kier molecular flexibility index (Phi) is 5.65. The fraction of sp³-hybridized carbons (Fsp3) is 0.118. The fourth-order valence-corrected chi connectivity index (χ4v) is 3.26. The van der Waals surface area contributed by atoms with Gasteiger partial charge in [-0.05, 0) is 29.5 Å². The SMILES string of the molecule is O=C(NCCN1C(=O)S/C(=C\c2ccccc2Cl)C1=O)c1cnccn1. The van der Waals surface area contributed by atoms with Crippen LogP contribution in [0.25, 0.3) is 6.08 Å². The molecular formula is C17H13ClN4O3S. The summed E-state index contributed by atoms with van der Waals surface area (Å²) in [6.45, 7) is 0.184. The molecule has 1 N–H and O–H groups in total. The molecule has 3 amide bonds. The summed E-state index contributed by atoms with van der Waals surface area (Å²) in [6, 6.07) is 7.05. The first-order chi connectivity index (χ1) is 12.6. The number of nitrogens with zero attached hydrogens (tertiary/aromatic N) is 3. The van der Waals surface area contributed by atoms with E-state index in [0.29, 0.717) is 15.5 Å². The lowest BCUT2D eigenvalue weighted by Gasteiger charge is -2.12. The van der Waals surface area contributed by atoms with E-state index in [-0.39, 0.29) is 24.0 Å². The molecule has 7 nitrogen and oxygen atoms in total. The van der Waals surface area contributed by atoms with Gasteiger partial charge in [0.1, 0.15) is 5.69 Å². The average Bonchev–Trinajstić information content (AvgIpc) is 2.91. The van der Waals surface area contributed by atoms with Gasteiger partial charge in [-0.2, -0.15) is 0 Å². The number of hydrogen-bond acceptors (Lipinski definition) is 6. The molecule has 1 aliphatic rings. The highest BCUT2D eigenvalue weighted by molar-refractivity contribution is 8.18. The highest BCUT2D eigenvalue weighted by Gasteiger charge is 2.34. The molecule has 2 heterocycles. The maximum Gasteiger partial charge on any atom is 0.293 e. The molecule has 0 atom stereocenters. The Labute approximate surface area is 158 Å². The number of nitrogens with one attached hydrogen (secondary N) is 1. The Morgan fingerprint density at radius 3 is 2.81 bits per heavy atom. The molecule has 1 fully saturated rings. The zero-order valence-corrected chi connectivity index (χ0v) is 15.0.